The van der Waals surface area contributed by atoms with Crippen molar-refractivity contribution in [2.24, 2.45) is 17.8 Å². The molecule has 2 aromatic rings. The summed E-state index contributed by atoms with van der Waals surface area (Å²) in [5.41, 5.74) is 1.96. The molecule has 1 heterocycles. The van der Waals surface area contributed by atoms with Gasteiger partial charge in [0.2, 0.25) is 0 Å². The highest BCUT2D eigenvalue weighted by atomic mass is 16.7. The second kappa shape index (κ2) is 12.9. The Morgan fingerprint density at radius 2 is 1.54 bits per heavy atom. The Morgan fingerprint density at radius 3 is 2.13 bits per heavy atom. The Labute approximate surface area is 229 Å². The zero-order chi connectivity index (χ0) is 27.2. The number of hydrogen-bond donors (Lipinski definition) is 0. The van der Waals surface area contributed by atoms with Gasteiger partial charge in [-0.15, -0.1) is 0 Å². The van der Waals surface area contributed by atoms with Crippen LogP contribution >= 0.6 is 0 Å². The fourth-order valence-electron chi connectivity index (χ4n) is 5.76. The largest absolute Gasteiger partial charge is 0.455 e. The van der Waals surface area contributed by atoms with Crippen LogP contribution in [0.1, 0.15) is 30.9 Å². The average molecular weight is 537 g/mol. The number of rotatable bonds is 11. The van der Waals surface area contributed by atoms with Crippen LogP contribution in [0, 0.1) is 17.8 Å². The molecule has 0 N–H and O–H groups in total. The number of methoxy groups -OCH3 is 1. The Kier molecular flexibility index (Phi) is 9.09. The third kappa shape index (κ3) is 6.76. The van der Waals surface area contributed by atoms with Crippen molar-refractivity contribution < 1.29 is 38.0 Å². The van der Waals surface area contributed by atoms with E-state index in [9.17, 15) is 9.59 Å². The van der Waals surface area contributed by atoms with Crippen molar-refractivity contribution in [1.29, 1.82) is 0 Å². The Balaban J connectivity index is 1.35. The molecule has 1 aliphatic heterocycles. The Morgan fingerprint density at radius 1 is 0.846 bits per heavy atom. The van der Waals surface area contributed by atoms with Crippen molar-refractivity contribution in [2.75, 3.05) is 13.7 Å². The first-order chi connectivity index (χ1) is 19.0. The monoisotopic (exact) mass is 536 g/mol. The molecule has 0 unspecified atom stereocenters. The van der Waals surface area contributed by atoms with E-state index in [0.29, 0.717) is 12.5 Å². The maximum atomic E-state index is 13.3. The highest BCUT2D eigenvalue weighted by Gasteiger charge is 2.52. The SMILES string of the molecule is CO[C@H]1O[C@H](COCc2ccccc2)[C@@H](OCc2ccccc2)[C@H](OC(C)=O)[C@@H]1OC(=O)[C@H]1C[C@H]2C=C[C@@H]1C2. The van der Waals surface area contributed by atoms with Crippen LogP contribution in [-0.2, 0) is 51.2 Å². The van der Waals surface area contributed by atoms with Gasteiger partial charge >= 0.3 is 11.9 Å². The highest BCUT2D eigenvalue weighted by molar-refractivity contribution is 5.74. The minimum Gasteiger partial charge on any atom is -0.455 e. The average Bonchev–Trinajstić information content (AvgIpc) is 3.59. The second-order valence-electron chi connectivity index (χ2n) is 10.4. The molecule has 5 rings (SSSR count). The van der Waals surface area contributed by atoms with Crippen molar-refractivity contribution in [3.05, 3.63) is 83.9 Å². The quantitative estimate of drug-likeness (QED) is 0.312. The van der Waals surface area contributed by atoms with E-state index in [0.717, 1.165) is 24.0 Å². The molecule has 8 atom stereocenters. The van der Waals surface area contributed by atoms with E-state index in [-0.39, 0.29) is 31.0 Å². The number of carbonyl (C=O) groups is 2. The van der Waals surface area contributed by atoms with Crippen molar-refractivity contribution >= 4 is 11.9 Å². The van der Waals surface area contributed by atoms with Gasteiger partial charge in [0, 0.05) is 14.0 Å². The molecule has 0 aromatic heterocycles. The third-order valence-corrected chi connectivity index (χ3v) is 7.64. The molecule has 0 radical (unpaired) electrons. The zero-order valence-corrected chi connectivity index (χ0v) is 22.3. The summed E-state index contributed by atoms with van der Waals surface area (Å²) in [6.45, 7) is 2.10. The van der Waals surface area contributed by atoms with Crippen molar-refractivity contribution in [2.45, 2.75) is 63.7 Å². The molecule has 0 spiro atoms. The van der Waals surface area contributed by atoms with Gasteiger partial charge < -0.3 is 28.4 Å². The maximum Gasteiger partial charge on any atom is 0.310 e. The molecule has 3 aliphatic rings. The smallest absolute Gasteiger partial charge is 0.310 e. The summed E-state index contributed by atoms with van der Waals surface area (Å²) in [7, 11) is 1.48. The van der Waals surface area contributed by atoms with Gasteiger partial charge in [-0.3, -0.25) is 9.59 Å². The van der Waals surface area contributed by atoms with Crippen molar-refractivity contribution in [3.63, 3.8) is 0 Å². The summed E-state index contributed by atoms with van der Waals surface area (Å²) in [4.78, 5) is 25.6. The van der Waals surface area contributed by atoms with Crippen LogP contribution in [-0.4, -0.2) is 56.4 Å². The Bertz CT molecular complexity index is 1120. The van der Waals surface area contributed by atoms with E-state index in [2.05, 4.69) is 12.2 Å². The van der Waals surface area contributed by atoms with E-state index in [1.54, 1.807) is 0 Å². The summed E-state index contributed by atoms with van der Waals surface area (Å²) in [5, 5.41) is 0. The fraction of sp³-hybridized carbons (Fsp3) is 0.484. The molecular formula is C31H36O8. The molecule has 39 heavy (non-hydrogen) atoms. The van der Waals surface area contributed by atoms with Crippen LogP contribution < -0.4 is 0 Å². The molecule has 8 heteroatoms. The number of allylic oxidation sites excluding steroid dienone is 2. The molecule has 1 saturated carbocycles. The first kappa shape index (κ1) is 27.5. The van der Waals surface area contributed by atoms with Crippen LogP contribution in [0.25, 0.3) is 0 Å². The first-order valence-corrected chi connectivity index (χ1v) is 13.5. The number of hydrogen-bond acceptors (Lipinski definition) is 8. The lowest BCUT2D eigenvalue weighted by Crippen LogP contribution is -2.62. The van der Waals surface area contributed by atoms with Crippen LogP contribution in [0.4, 0.5) is 0 Å². The summed E-state index contributed by atoms with van der Waals surface area (Å²) in [5.74, 6) is -0.501. The summed E-state index contributed by atoms with van der Waals surface area (Å²) < 4.78 is 36.1. The first-order valence-electron chi connectivity index (χ1n) is 13.5. The molecule has 8 nitrogen and oxygen atoms in total. The minimum absolute atomic E-state index is 0.157. The molecule has 2 bridgehead atoms. The van der Waals surface area contributed by atoms with Gasteiger partial charge in [-0.1, -0.05) is 72.8 Å². The van der Waals surface area contributed by atoms with E-state index in [1.165, 1.54) is 14.0 Å². The van der Waals surface area contributed by atoms with Crippen molar-refractivity contribution in [3.8, 4) is 0 Å². The van der Waals surface area contributed by atoms with Crippen molar-refractivity contribution in [1.82, 2.24) is 0 Å². The molecule has 2 fully saturated rings. The molecule has 2 aromatic carbocycles. The van der Waals surface area contributed by atoms with E-state index in [1.807, 2.05) is 60.7 Å². The number of ether oxygens (including phenoxy) is 6. The van der Waals surface area contributed by atoms with Gasteiger partial charge in [-0.25, -0.2) is 0 Å². The number of esters is 2. The predicted octanol–water partition coefficient (Wildman–Crippen LogP) is 4.22. The van der Waals surface area contributed by atoms with Crippen LogP contribution in [0.2, 0.25) is 0 Å². The molecule has 1 saturated heterocycles. The van der Waals surface area contributed by atoms with Gasteiger partial charge in [0.25, 0.3) is 0 Å². The van der Waals surface area contributed by atoms with Crippen LogP contribution in [0.5, 0.6) is 0 Å². The lowest BCUT2D eigenvalue weighted by Gasteiger charge is -2.44. The molecular weight excluding hydrogens is 500 g/mol. The molecule has 208 valence electrons. The molecule has 2 aliphatic carbocycles. The number of fused-ring (bicyclic) bond motifs is 2. The van der Waals surface area contributed by atoms with Gasteiger partial charge in [-0.05, 0) is 35.8 Å². The van der Waals surface area contributed by atoms with Gasteiger partial charge in [0.1, 0.15) is 12.2 Å². The predicted molar refractivity (Wildman–Crippen MR) is 141 cm³/mol. The molecule has 0 amide bonds. The third-order valence-electron chi connectivity index (χ3n) is 7.64. The van der Waals surface area contributed by atoms with E-state index < -0.39 is 36.7 Å². The maximum absolute atomic E-state index is 13.3. The highest BCUT2D eigenvalue weighted by Crippen LogP contribution is 2.44. The Hall–Kier alpha value is -3.04. The summed E-state index contributed by atoms with van der Waals surface area (Å²) in [6, 6.07) is 19.5. The van der Waals surface area contributed by atoms with Gasteiger partial charge in [0.15, 0.2) is 18.5 Å². The standard InChI is InChI=1S/C31H36O8/c1-20(32)37-28-27(36-18-22-11-7-4-8-12-22)26(19-35-17-21-9-5-3-6-10-21)38-31(34-2)29(28)39-30(33)25-16-23-13-14-24(25)15-23/h3-14,23-29,31H,15-19H2,1-2H3/t23-,24+,25-,26+,27+,28-,29-,31-/m0/s1. The minimum atomic E-state index is -0.999. The topological polar surface area (TPSA) is 89.5 Å². The van der Waals surface area contributed by atoms with Gasteiger partial charge in [-0.2, -0.15) is 0 Å². The number of carbonyl (C=O) groups excluding carboxylic acids is 2. The zero-order valence-electron chi connectivity index (χ0n) is 22.3. The lowest BCUT2D eigenvalue weighted by atomic mass is 9.93. The van der Waals surface area contributed by atoms with Crippen LogP contribution in [0.3, 0.4) is 0 Å². The van der Waals surface area contributed by atoms with Crippen LogP contribution in [0.15, 0.2) is 72.8 Å². The van der Waals surface area contributed by atoms with E-state index in [4.69, 9.17) is 28.4 Å². The van der Waals surface area contributed by atoms with E-state index >= 15 is 0 Å². The van der Waals surface area contributed by atoms with Gasteiger partial charge in [0.05, 0.1) is 25.7 Å². The summed E-state index contributed by atoms with van der Waals surface area (Å²) >= 11 is 0. The number of benzene rings is 2. The second-order valence-corrected chi connectivity index (χ2v) is 10.4. The normalized spacial score (nSPS) is 31.2. The fourth-order valence-corrected chi connectivity index (χ4v) is 5.76. The summed E-state index contributed by atoms with van der Waals surface area (Å²) in [6.07, 6.45) is 1.66. The lowest BCUT2D eigenvalue weighted by molar-refractivity contribution is -0.310.